The van der Waals surface area contributed by atoms with E-state index in [1.165, 1.54) is 6.07 Å². The second-order valence-corrected chi connectivity index (χ2v) is 6.05. The van der Waals surface area contributed by atoms with Crippen molar-refractivity contribution in [2.75, 3.05) is 31.5 Å². The van der Waals surface area contributed by atoms with E-state index in [1.54, 1.807) is 24.4 Å². The molecule has 4 nitrogen and oxygen atoms in total. The molecule has 23 heavy (non-hydrogen) atoms. The van der Waals surface area contributed by atoms with Crippen LogP contribution in [0.5, 0.6) is 0 Å². The SMILES string of the molecule is O[C@@H](CN1CC[C@@H](CNc2ccccn2)C1)c1ccccc1F. The summed E-state index contributed by atoms with van der Waals surface area (Å²) in [6, 6.07) is 12.2. The summed E-state index contributed by atoms with van der Waals surface area (Å²) in [6.45, 7) is 3.18. The number of anilines is 1. The van der Waals surface area contributed by atoms with E-state index in [1.807, 2.05) is 18.2 Å². The first-order valence-electron chi connectivity index (χ1n) is 8.02. The van der Waals surface area contributed by atoms with Gasteiger partial charge in [0.25, 0.3) is 0 Å². The predicted octanol–water partition coefficient (Wildman–Crippen LogP) is 2.69. The minimum absolute atomic E-state index is 0.340. The number of β-amino-alcohol motifs (C(OH)–C–C–N with tert-alkyl or cyclic N) is 1. The Morgan fingerprint density at radius 3 is 2.87 bits per heavy atom. The molecule has 1 saturated heterocycles. The van der Waals surface area contributed by atoms with E-state index in [-0.39, 0.29) is 5.82 Å². The molecule has 1 aliphatic heterocycles. The normalized spacial score (nSPS) is 19.7. The fourth-order valence-corrected chi connectivity index (χ4v) is 3.05. The van der Waals surface area contributed by atoms with Crippen molar-refractivity contribution in [1.29, 1.82) is 0 Å². The van der Waals surface area contributed by atoms with E-state index >= 15 is 0 Å². The molecule has 0 aliphatic carbocycles. The summed E-state index contributed by atoms with van der Waals surface area (Å²) in [5.41, 5.74) is 0.377. The van der Waals surface area contributed by atoms with E-state index in [0.29, 0.717) is 18.0 Å². The molecule has 0 unspecified atom stereocenters. The highest BCUT2D eigenvalue weighted by Gasteiger charge is 2.25. The van der Waals surface area contributed by atoms with Crippen LogP contribution in [-0.4, -0.2) is 41.2 Å². The quantitative estimate of drug-likeness (QED) is 0.860. The van der Waals surface area contributed by atoms with Crippen LogP contribution in [0.4, 0.5) is 10.2 Å². The van der Waals surface area contributed by atoms with Gasteiger partial charge in [0.1, 0.15) is 11.6 Å². The van der Waals surface area contributed by atoms with E-state index in [9.17, 15) is 9.50 Å². The molecule has 1 aromatic carbocycles. The molecule has 2 atom stereocenters. The topological polar surface area (TPSA) is 48.4 Å². The number of aliphatic hydroxyl groups is 1. The van der Waals surface area contributed by atoms with Gasteiger partial charge in [-0.1, -0.05) is 24.3 Å². The highest BCUT2D eigenvalue weighted by Crippen LogP contribution is 2.22. The molecule has 5 heteroatoms. The summed E-state index contributed by atoms with van der Waals surface area (Å²) in [7, 11) is 0. The van der Waals surface area contributed by atoms with Crippen LogP contribution in [0.3, 0.4) is 0 Å². The first-order valence-corrected chi connectivity index (χ1v) is 8.02. The summed E-state index contributed by atoms with van der Waals surface area (Å²) in [5.74, 6) is 1.06. The van der Waals surface area contributed by atoms with Gasteiger partial charge in [-0.05, 0) is 37.1 Å². The van der Waals surface area contributed by atoms with Gasteiger partial charge in [0.05, 0.1) is 6.10 Å². The Balaban J connectivity index is 1.47. The number of rotatable bonds is 6. The molecule has 1 aliphatic rings. The molecule has 2 heterocycles. The van der Waals surface area contributed by atoms with Crippen LogP contribution >= 0.6 is 0 Å². The molecule has 1 fully saturated rings. The van der Waals surface area contributed by atoms with Crippen LogP contribution in [-0.2, 0) is 0 Å². The zero-order valence-electron chi connectivity index (χ0n) is 13.0. The van der Waals surface area contributed by atoms with E-state index < -0.39 is 6.10 Å². The maximum absolute atomic E-state index is 13.7. The number of hydrogen-bond donors (Lipinski definition) is 2. The van der Waals surface area contributed by atoms with Crippen molar-refractivity contribution in [2.24, 2.45) is 5.92 Å². The molecule has 3 rings (SSSR count). The lowest BCUT2D eigenvalue weighted by atomic mass is 10.1. The molecule has 2 aromatic rings. The predicted molar refractivity (Wildman–Crippen MR) is 88.6 cm³/mol. The Bertz CT molecular complexity index is 623. The van der Waals surface area contributed by atoms with Crippen molar-refractivity contribution in [3.8, 4) is 0 Å². The maximum atomic E-state index is 13.7. The summed E-state index contributed by atoms with van der Waals surface area (Å²) in [5, 5.41) is 13.6. The second kappa shape index (κ2) is 7.53. The molecule has 0 amide bonds. The number of nitrogens with one attached hydrogen (secondary N) is 1. The van der Waals surface area contributed by atoms with Gasteiger partial charge >= 0.3 is 0 Å². The summed E-state index contributed by atoms with van der Waals surface area (Å²) >= 11 is 0. The molecular weight excluding hydrogens is 293 g/mol. The molecule has 0 spiro atoms. The van der Waals surface area contributed by atoms with Gasteiger partial charge in [0, 0.05) is 31.4 Å². The lowest BCUT2D eigenvalue weighted by molar-refractivity contribution is 0.121. The van der Waals surface area contributed by atoms with Crippen molar-refractivity contribution in [3.05, 3.63) is 60.0 Å². The number of hydrogen-bond acceptors (Lipinski definition) is 4. The Labute approximate surface area is 136 Å². The molecule has 0 saturated carbocycles. The van der Waals surface area contributed by atoms with Crippen LogP contribution in [0.25, 0.3) is 0 Å². The van der Waals surface area contributed by atoms with Crippen LogP contribution in [0, 0.1) is 11.7 Å². The monoisotopic (exact) mass is 315 g/mol. The average molecular weight is 315 g/mol. The van der Waals surface area contributed by atoms with Gasteiger partial charge < -0.3 is 15.3 Å². The Morgan fingerprint density at radius 1 is 1.26 bits per heavy atom. The number of pyridine rings is 1. The number of likely N-dealkylation sites (tertiary alicyclic amines) is 1. The maximum Gasteiger partial charge on any atom is 0.129 e. The zero-order valence-corrected chi connectivity index (χ0v) is 13.0. The number of halogens is 1. The van der Waals surface area contributed by atoms with Gasteiger partial charge in [0.15, 0.2) is 0 Å². The van der Waals surface area contributed by atoms with Gasteiger partial charge in [-0.25, -0.2) is 9.37 Å². The zero-order chi connectivity index (χ0) is 16.1. The second-order valence-electron chi connectivity index (χ2n) is 6.05. The number of aliphatic hydroxyl groups excluding tert-OH is 1. The van der Waals surface area contributed by atoms with Gasteiger partial charge in [-0.2, -0.15) is 0 Å². The summed E-state index contributed by atoms with van der Waals surface area (Å²) in [4.78, 5) is 6.45. The number of nitrogens with zero attached hydrogens (tertiary/aromatic N) is 2. The Morgan fingerprint density at radius 2 is 2.09 bits per heavy atom. The molecule has 0 radical (unpaired) electrons. The van der Waals surface area contributed by atoms with Crippen LogP contribution in [0.2, 0.25) is 0 Å². The fourth-order valence-electron chi connectivity index (χ4n) is 3.05. The third kappa shape index (κ3) is 4.27. The molecule has 0 bridgehead atoms. The molecule has 1 aromatic heterocycles. The standard InChI is InChI=1S/C18H22FN3O/c19-16-6-2-1-5-15(16)17(23)13-22-10-8-14(12-22)11-21-18-7-3-4-9-20-18/h1-7,9,14,17,23H,8,10-13H2,(H,20,21)/t14-,17-/m0/s1. The highest BCUT2D eigenvalue weighted by atomic mass is 19.1. The average Bonchev–Trinajstić information content (AvgIpc) is 3.02. The van der Waals surface area contributed by atoms with Gasteiger partial charge in [-0.3, -0.25) is 0 Å². The Kier molecular flexibility index (Phi) is 5.20. The lowest BCUT2D eigenvalue weighted by Gasteiger charge is -2.21. The van der Waals surface area contributed by atoms with Crippen molar-refractivity contribution in [3.63, 3.8) is 0 Å². The van der Waals surface area contributed by atoms with Crippen molar-refractivity contribution in [2.45, 2.75) is 12.5 Å². The first-order chi connectivity index (χ1) is 11.2. The number of benzene rings is 1. The van der Waals surface area contributed by atoms with Crippen molar-refractivity contribution < 1.29 is 9.50 Å². The van der Waals surface area contributed by atoms with Gasteiger partial charge in [0.2, 0.25) is 0 Å². The van der Waals surface area contributed by atoms with E-state index in [4.69, 9.17) is 0 Å². The van der Waals surface area contributed by atoms with Crippen molar-refractivity contribution >= 4 is 5.82 Å². The number of aromatic nitrogens is 1. The summed E-state index contributed by atoms with van der Waals surface area (Å²) in [6.07, 6.45) is 2.07. The lowest BCUT2D eigenvalue weighted by Crippen LogP contribution is -2.28. The highest BCUT2D eigenvalue weighted by molar-refractivity contribution is 5.33. The Hall–Kier alpha value is -1.98. The largest absolute Gasteiger partial charge is 0.387 e. The molecule has 2 N–H and O–H groups in total. The fraction of sp³-hybridized carbons (Fsp3) is 0.389. The molecular formula is C18H22FN3O. The molecule has 122 valence electrons. The van der Waals surface area contributed by atoms with Gasteiger partial charge in [-0.15, -0.1) is 0 Å². The minimum atomic E-state index is -0.779. The third-order valence-corrected chi connectivity index (χ3v) is 4.30. The van der Waals surface area contributed by atoms with E-state index in [0.717, 1.165) is 31.9 Å². The van der Waals surface area contributed by atoms with Crippen LogP contribution in [0.15, 0.2) is 48.7 Å². The van der Waals surface area contributed by atoms with E-state index in [2.05, 4.69) is 15.2 Å². The summed E-state index contributed by atoms with van der Waals surface area (Å²) < 4.78 is 13.7. The third-order valence-electron chi connectivity index (χ3n) is 4.30. The minimum Gasteiger partial charge on any atom is -0.387 e. The van der Waals surface area contributed by atoms with Crippen LogP contribution < -0.4 is 5.32 Å². The smallest absolute Gasteiger partial charge is 0.129 e. The van der Waals surface area contributed by atoms with Crippen LogP contribution in [0.1, 0.15) is 18.1 Å². The van der Waals surface area contributed by atoms with Crippen molar-refractivity contribution in [1.82, 2.24) is 9.88 Å². The first kappa shape index (κ1) is 15.9.